The molecular formula is C17H35NO4. The monoisotopic (exact) mass is 317 g/mol. The first-order valence-electron chi connectivity index (χ1n) is 8.25. The highest BCUT2D eigenvalue weighted by Gasteiger charge is 2.35. The Hall–Kier alpha value is -0.650. The molecule has 1 amide bonds. The Labute approximate surface area is 136 Å². The second kappa shape index (κ2) is 10.2. The molecule has 0 spiro atoms. The summed E-state index contributed by atoms with van der Waals surface area (Å²) in [6.07, 6.45) is 0.232. The Morgan fingerprint density at radius 1 is 0.773 bits per heavy atom. The number of hydrogen-bond acceptors (Lipinski definition) is 4. The predicted molar refractivity (Wildman–Crippen MR) is 89.0 cm³/mol. The molecule has 0 saturated heterocycles. The number of carbonyl (C=O) groups excluding carboxylic acids is 1. The maximum absolute atomic E-state index is 12.2. The molecule has 0 fully saturated rings. The normalized spacial score (nSPS) is 12.7. The molecule has 1 N–H and O–H groups in total. The maximum Gasteiger partial charge on any atom is 0.223 e. The van der Waals surface area contributed by atoms with Crippen LogP contribution in [0.1, 0.15) is 55.4 Å². The van der Waals surface area contributed by atoms with Crippen LogP contribution in [-0.4, -0.2) is 49.6 Å². The zero-order valence-electron chi connectivity index (χ0n) is 15.6. The molecule has 0 heterocycles. The molecule has 0 aliphatic heterocycles. The van der Waals surface area contributed by atoms with E-state index in [9.17, 15) is 4.79 Å². The van der Waals surface area contributed by atoms with Gasteiger partial charge >= 0.3 is 0 Å². The van der Waals surface area contributed by atoms with Crippen LogP contribution in [0.3, 0.4) is 0 Å². The van der Waals surface area contributed by atoms with Crippen molar-refractivity contribution in [1.29, 1.82) is 0 Å². The summed E-state index contributed by atoms with van der Waals surface area (Å²) in [5, 5.41) is 3.08. The van der Waals surface area contributed by atoms with Gasteiger partial charge in [0.25, 0.3) is 0 Å². The minimum Gasteiger partial charge on any atom is -0.376 e. The standard InChI is InChI=1S/C17H35NO4/c1-12(2)16(19)18-17(9-20-13(3)4,10-21-14(5)6)11-22-15(7)8/h12-15H,9-11H2,1-8H3,(H,18,19). The predicted octanol–water partition coefficient (Wildman–Crippen LogP) is 2.77. The fourth-order valence-corrected chi connectivity index (χ4v) is 1.62. The van der Waals surface area contributed by atoms with E-state index < -0.39 is 5.54 Å². The van der Waals surface area contributed by atoms with Crippen molar-refractivity contribution in [3.05, 3.63) is 0 Å². The van der Waals surface area contributed by atoms with Gasteiger partial charge in [-0.25, -0.2) is 0 Å². The van der Waals surface area contributed by atoms with Gasteiger partial charge in [0.2, 0.25) is 5.91 Å². The highest BCUT2D eigenvalue weighted by atomic mass is 16.5. The van der Waals surface area contributed by atoms with Gasteiger partial charge in [-0.3, -0.25) is 4.79 Å². The summed E-state index contributed by atoms with van der Waals surface area (Å²) in [7, 11) is 0. The van der Waals surface area contributed by atoms with Crippen molar-refractivity contribution < 1.29 is 19.0 Å². The highest BCUT2D eigenvalue weighted by molar-refractivity contribution is 5.78. The second-order valence-corrected chi connectivity index (χ2v) is 7.00. The molecule has 0 atom stereocenters. The SMILES string of the molecule is CC(C)OCC(COC(C)C)(COC(C)C)NC(=O)C(C)C. The molecule has 0 aliphatic carbocycles. The average molecular weight is 317 g/mol. The number of nitrogens with one attached hydrogen (secondary N) is 1. The van der Waals surface area contributed by atoms with E-state index in [0.29, 0.717) is 19.8 Å². The zero-order valence-corrected chi connectivity index (χ0v) is 15.6. The lowest BCUT2D eigenvalue weighted by molar-refractivity contribution is -0.133. The largest absolute Gasteiger partial charge is 0.376 e. The first kappa shape index (κ1) is 21.4. The van der Waals surface area contributed by atoms with Gasteiger partial charge < -0.3 is 19.5 Å². The van der Waals surface area contributed by atoms with Crippen molar-refractivity contribution in [2.75, 3.05) is 19.8 Å². The van der Waals surface area contributed by atoms with Crippen molar-refractivity contribution in [2.45, 2.75) is 79.2 Å². The van der Waals surface area contributed by atoms with Crippen molar-refractivity contribution in [3.8, 4) is 0 Å². The van der Waals surface area contributed by atoms with Crippen molar-refractivity contribution in [2.24, 2.45) is 5.92 Å². The molecule has 0 aromatic carbocycles. The lowest BCUT2D eigenvalue weighted by Gasteiger charge is -2.36. The first-order valence-corrected chi connectivity index (χ1v) is 8.25. The molecule has 5 nitrogen and oxygen atoms in total. The summed E-state index contributed by atoms with van der Waals surface area (Å²) in [4.78, 5) is 12.2. The summed E-state index contributed by atoms with van der Waals surface area (Å²) >= 11 is 0. The number of ether oxygens (including phenoxy) is 3. The Bertz CT molecular complexity index is 282. The van der Waals surface area contributed by atoms with Crippen LogP contribution in [0, 0.1) is 5.92 Å². The van der Waals surface area contributed by atoms with Crippen LogP contribution in [0.4, 0.5) is 0 Å². The van der Waals surface area contributed by atoms with Crippen LogP contribution in [0.15, 0.2) is 0 Å². The molecule has 132 valence electrons. The minimum absolute atomic E-state index is 0.0212. The van der Waals surface area contributed by atoms with E-state index in [4.69, 9.17) is 14.2 Å². The van der Waals surface area contributed by atoms with Crippen LogP contribution in [0.2, 0.25) is 0 Å². The molecule has 0 saturated carbocycles. The second-order valence-electron chi connectivity index (χ2n) is 7.00. The summed E-state index contributed by atoms with van der Waals surface area (Å²) in [5.41, 5.74) is -0.667. The fraction of sp³-hybridized carbons (Fsp3) is 0.941. The number of rotatable bonds is 11. The van der Waals surface area contributed by atoms with E-state index in [1.165, 1.54) is 0 Å². The fourth-order valence-electron chi connectivity index (χ4n) is 1.62. The molecule has 0 unspecified atom stereocenters. The lowest BCUT2D eigenvalue weighted by Crippen LogP contribution is -2.60. The molecule has 0 aliphatic rings. The topological polar surface area (TPSA) is 56.8 Å². The molecular weight excluding hydrogens is 282 g/mol. The van der Waals surface area contributed by atoms with Gasteiger partial charge in [0, 0.05) is 5.92 Å². The van der Waals surface area contributed by atoms with Crippen LogP contribution in [0.5, 0.6) is 0 Å². The average Bonchev–Trinajstić information content (AvgIpc) is 2.39. The van der Waals surface area contributed by atoms with Crippen LogP contribution < -0.4 is 5.32 Å². The highest BCUT2D eigenvalue weighted by Crippen LogP contribution is 2.14. The molecule has 0 bridgehead atoms. The molecule has 0 rings (SSSR count). The van der Waals surface area contributed by atoms with Gasteiger partial charge in [0.05, 0.1) is 38.1 Å². The van der Waals surface area contributed by atoms with Gasteiger partial charge in [-0.2, -0.15) is 0 Å². The third kappa shape index (κ3) is 9.38. The van der Waals surface area contributed by atoms with E-state index in [1.807, 2.05) is 55.4 Å². The van der Waals surface area contributed by atoms with Crippen molar-refractivity contribution in [3.63, 3.8) is 0 Å². The van der Waals surface area contributed by atoms with Gasteiger partial charge in [-0.15, -0.1) is 0 Å². The summed E-state index contributed by atoms with van der Waals surface area (Å²) < 4.78 is 17.3. The summed E-state index contributed by atoms with van der Waals surface area (Å²) in [6.45, 7) is 16.7. The third-order valence-electron chi connectivity index (χ3n) is 2.99. The quantitative estimate of drug-likeness (QED) is 0.636. The Morgan fingerprint density at radius 2 is 1.09 bits per heavy atom. The molecule has 5 heteroatoms. The minimum atomic E-state index is -0.667. The van der Waals surface area contributed by atoms with Crippen molar-refractivity contribution >= 4 is 5.91 Å². The number of hydrogen-bond donors (Lipinski definition) is 1. The third-order valence-corrected chi connectivity index (χ3v) is 2.99. The molecule has 0 aromatic heterocycles. The zero-order chi connectivity index (χ0) is 17.3. The van der Waals surface area contributed by atoms with Crippen LogP contribution in [0.25, 0.3) is 0 Å². The first-order chi connectivity index (χ1) is 10.1. The van der Waals surface area contributed by atoms with Gasteiger partial charge in [-0.05, 0) is 41.5 Å². The number of amides is 1. The van der Waals surface area contributed by atoms with E-state index in [0.717, 1.165) is 0 Å². The van der Waals surface area contributed by atoms with Crippen LogP contribution in [-0.2, 0) is 19.0 Å². The lowest BCUT2D eigenvalue weighted by atomic mass is 10.0. The van der Waals surface area contributed by atoms with Gasteiger partial charge in [0.1, 0.15) is 5.54 Å². The summed E-state index contributed by atoms with van der Waals surface area (Å²) in [6, 6.07) is 0. The Kier molecular flexibility index (Phi) is 9.89. The van der Waals surface area contributed by atoms with Gasteiger partial charge in [-0.1, -0.05) is 13.8 Å². The molecule has 22 heavy (non-hydrogen) atoms. The number of carbonyl (C=O) groups is 1. The van der Waals surface area contributed by atoms with E-state index >= 15 is 0 Å². The maximum atomic E-state index is 12.2. The van der Waals surface area contributed by atoms with Crippen LogP contribution >= 0.6 is 0 Å². The smallest absolute Gasteiger partial charge is 0.223 e. The molecule has 0 radical (unpaired) electrons. The summed E-state index contributed by atoms with van der Waals surface area (Å²) in [5.74, 6) is -0.122. The van der Waals surface area contributed by atoms with E-state index in [-0.39, 0.29) is 30.1 Å². The Morgan fingerprint density at radius 3 is 1.32 bits per heavy atom. The van der Waals surface area contributed by atoms with E-state index in [1.54, 1.807) is 0 Å². The van der Waals surface area contributed by atoms with E-state index in [2.05, 4.69) is 5.32 Å². The Balaban J connectivity index is 5.12. The van der Waals surface area contributed by atoms with Gasteiger partial charge in [0.15, 0.2) is 0 Å². The van der Waals surface area contributed by atoms with Crippen molar-refractivity contribution in [1.82, 2.24) is 5.32 Å². The molecule has 0 aromatic rings.